The van der Waals surface area contributed by atoms with Crippen LogP contribution in [0.4, 0.5) is 0 Å². The predicted octanol–water partition coefficient (Wildman–Crippen LogP) is 4.00. The number of piperazine rings is 1. The van der Waals surface area contributed by atoms with Gasteiger partial charge in [0.05, 0.1) is 11.6 Å². The molecular weight excluding hydrogens is 403 g/mol. The van der Waals surface area contributed by atoms with E-state index in [1.165, 1.54) is 0 Å². The van der Waals surface area contributed by atoms with Gasteiger partial charge in [-0.05, 0) is 33.5 Å². The average molecular weight is 430 g/mol. The van der Waals surface area contributed by atoms with E-state index in [0.717, 1.165) is 37.5 Å². The van der Waals surface area contributed by atoms with Gasteiger partial charge in [0.2, 0.25) is 0 Å². The van der Waals surface area contributed by atoms with Crippen molar-refractivity contribution in [2.75, 3.05) is 33.3 Å². The van der Waals surface area contributed by atoms with E-state index < -0.39 is 0 Å². The predicted molar refractivity (Wildman–Crippen MR) is 103 cm³/mol. The minimum absolute atomic E-state index is 0. The summed E-state index contributed by atoms with van der Waals surface area (Å²) in [4.78, 5) is 2.44. The molecule has 0 aliphatic carbocycles. The third-order valence-corrected chi connectivity index (χ3v) is 4.54. The van der Waals surface area contributed by atoms with Crippen molar-refractivity contribution in [1.82, 2.24) is 10.2 Å². The largest absolute Gasteiger partial charge is 0.506 e. The highest BCUT2D eigenvalue weighted by atomic mass is 79.9. The second kappa shape index (κ2) is 9.33. The molecule has 0 radical (unpaired) electrons. The van der Waals surface area contributed by atoms with Gasteiger partial charge in [-0.2, -0.15) is 0 Å². The number of phenols is 1. The summed E-state index contributed by atoms with van der Waals surface area (Å²) in [7, 11) is 1.65. The first kappa shape index (κ1) is 22.8. The van der Waals surface area contributed by atoms with E-state index in [4.69, 9.17) is 4.74 Å². The van der Waals surface area contributed by atoms with E-state index in [9.17, 15) is 5.11 Å². The third-order valence-electron chi connectivity index (χ3n) is 3.93. The van der Waals surface area contributed by atoms with Gasteiger partial charge >= 0.3 is 0 Å². The molecule has 1 atom stereocenters. The number of hydrogen-bond donors (Lipinski definition) is 2. The Morgan fingerprint density at radius 1 is 1.22 bits per heavy atom. The molecule has 1 aromatic carbocycles. The van der Waals surface area contributed by atoms with Crippen LogP contribution in [0.15, 0.2) is 16.6 Å². The van der Waals surface area contributed by atoms with Crippen molar-refractivity contribution in [2.24, 2.45) is 5.41 Å². The number of methoxy groups -OCH3 is 1. The normalized spacial score (nSPS) is 16.9. The van der Waals surface area contributed by atoms with Crippen LogP contribution in [0.5, 0.6) is 11.5 Å². The lowest BCUT2D eigenvalue weighted by atomic mass is 9.80. The van der Waals surface area contributed by atoms with E-state index >= 15 is 0 Å². The molecule has 134 valence electrons. The average Bonchev–Trinajstić information content (AvgIpc) is 2.43. The molecule has 1 heterocycles. The summed E-state index contributed by atoms with van der Waals surface area (Å²) < 4.78 is 6.05. The monoisotopic (exact) mass is 428 g/mol. The van der Waals surface area contributed by atoms with Crippen molar-refractivity contribution >= 4 is 40.7 Å². The SMILES string of the molecule is COc1cc(Br)c(O)c([C@@H](N2CCNCC2)C(C)(C)C)c1.Cl.Cl. The molecule has 1 aliphatic rings. The number of aromatic hydroxyl groups is 1. The van der Waals surface area contributed by atoms with Crippen molar-refractivity contribution in [1.29, 1.82) is 0 Å². The lowest BCUT2D eigenvalue weighted by Gasteiger charge is -2.43. The number of benzene rings is 1. The molecule has 0 saturated carbocycles. The topological polar surface area (TPSA) is 44.7 Å². The van der Waals surface area contributed by atoms with Gasteiger partial charge in [-0.15, -0.1) is 24.8 Å². The Labute approximate surface area is 159 Å². The molecule has 1 saturated heterocycles. The summed E-state index contributed by atoms with van der Waals surface area (Å²) in [5.41, 5.74) is 0.941. The Balaban J connectivity index is 0.00000242. The molecule has 0 unspecified atom stereocenters. The maximum Gasteiger partial charge on any atom is 0.134 e. The maximum atomic E-state index is 10.5. The van der Waals surface area contributed by atoms with Crippen molar-refractivity contribution < 1.29 is 9.84 Å². The van der Waals surface area contributed by atoms with Gasteiger partial charge in [-0.3, -0.25) is 4.90 Å². The van der Waals surface area contributed by atoms with Crippen LogP contribution in [-0.2, 0) is 0 Å². The molecule has 0 amide bonds. The lowest BCUT2D eigenvalue weighted by molar-refractivity contribution is 0.0840. The van der Waals surface area contributed by atoms with Crippen LogP contribution in [-0.4, -0.2) is 43.3 Å². The number of ether oxygens (including phenoxy) is 1. The lowest BCUT2D eigenvalue weighted by Crippen LogP contribution is -2.48. The summed E-state index contributed by atoms with van der Waals surface area (Å²) in [6, 6.07) is 3.90. The van der Waals surface area contributed by atoms with Gasteiger partial charge < -0.3 is 15.2 Å². The van der Waals surface area contributed by atoms with E-state index in [1.54, 1.807) is 13.2 Å². The number of hydrogen-bond acceptors (Lipinski definition) is 4. The summed E-state index contributed by atoms with van der Waals surface area (Å²) in [5, 5.41) is 13.9. The maximum absolute atomic E-state index is 10.5. The van der Waals surface area contributed by atoms with Crippen molar-refractivity contribution in [2.45, 2.75) is 26.8 Å². The Kier molecular flexibility index (Phi) is 9.25. The Bertz CT molecular complexity index is 504. The molecule has 2 rings (SSSR count). The van der Waals surface area contributed by atoms with Crippen LogP contribution >= 0.6 is 40.7 Å². The van der Waals surface area contributed by atoms with Crippen LogP contribution in [0.25, 0.3) is 0 Å². The second-order valence-electron chi connectivity index (χ2n) is 6.60. The van der Waals surface area contributed by atoms with Crippen molar-refractivity contribution in [3.05, 3.63) is 22.2 Å². The zero-order valence-corrected chi connectivity index (χ0v) is 17.3. The van der Waals surface area contributed by atoms with Gasteiger partial charge in [0.25, 0.3) is 0 Å². The van der Waals surface area contributed by atoms with E-state index in [1.807, 2.05) is 6.07 Å². The fourth-order valence-electron chi connectivity index (χ4n) is 3.07. The fourth-order valence-corrected chi connectivity index (χ4v) is 3.53. The zero-order chi connectivity index (χ0) is 15.6. The van der Waals surface area contributed by atoms with Crippen LogP contribution in [0.2, 0.25) is 0 Å². The van der Waals surface area contributed by atoms with Gasteiger partial charge in [0, 0.05) is 37.8 Å². The first-order chi connectivity index (χ1) is 9.84. The summed E-state index contributed by atoms with van der Waals surface area (Å²) in [5.74, 6) is 1.08. The molecule has 23 heavy (non-hydrogen) atoms. The Morgan fingerprint density at radius 2 is 1.78 bits per heavy atom. The van der Waals surface area contributed by atoms with Crippen LogP contribution in [0.3, 0.4) is 0 Å². The standard InChI is InChI=1S/C16H25BrN2O2.2ClH/c1-16(2,3)15(19-7-5-18-6-8-19)12-9-11(21-4)10-13(17)14(12)20;;/h9-10,15,18,20H,5-8H2,1-4H3;2*1H/t15-;;/m1../s1. The minimum atomic E-state index is 0. The molecule has 0 spiro atoms. The molecule has 1 aliphatic heterocycles. The highest BCUT2D eigenvalue weighted by molar-refractivity contribution is 9.10. The van der Waals surface area contributed by atoms with Crippen LogP contribution in [0.1, 0.15) is 32.4 Å². The number of nitrogens with one attached hydrogen (secondary N) is 1. The summed E-state index contributed by atoms with van der Waals surface area (Å²) in [6.45, 7) is 10.6. The number of phenolic OH excluding ortho intramolecular Hbond substituents is 1. The molecule has 0 bridgehead atoms. The number of nitrogens with zero attached hydrogens (tertiary/aromatic N) is 1. The third kappa shape index (κ3) is 5.40. The summed E-state index contributed by atoms with van der Waals surface area (Å²) in [6.07, 6.45) is 0. The fraction of sp³-hybridized carbons (Fsp3) is 0.625. The van der Waals surface area contributed by atoms with Crippen molar-refractivity contribution in [3.63, 3.8) is 0 Å². The van der Waals surface area contributed by atoms with E-state index in [2.05, 4.69) is 46.9 Å². The first-order valence-corrected chi connectivity index (χ1v) is 8.15. The molecule has 1 fully saturated rings. The first-order valence-electron chi connectivity index (χ1n) is 7.35. The Morgan fingerprint density at radius 3 is 2.26 bits per heavy atom. The number of halogens is 3. The quantitative estimate of drug-likeness (QED) is 0.762. The molecule has 2 N–H and O–H groups in total. The molecule has 0 aromatic heterocycles. The Hall–Kier alpha value is -0.200. The second-order valence-corrected chi connectivity index (χ2v) is 7.46. The highest BCUT2D eigenvalue weighted by Crippen LogP contribution is 2.45. The number of rotatable bonds is 3. The minimum Gasteiger partial charge on any atom is -0.506 e. The van der Waals surface area contributed by atoms with Crippen LogP contribution in [0, 0.1) is 5.41 Å². The highest BCUT2D eigenvalue weighted by Gasteiger charge is 2.35. The van der Waals surface area contributed by atoms with Gasteiger partial charge in [-0.25, -0.2) is 0 Å². The smallest absolute Gasteiger partial charge is 0.134 e. The van der Waals surface area contributed by atoms with Gasteiger partial charge in [0.15, 0.2) is 0 Å². The zero-order valence-electron chi connectivity index (χ0n) is 14.1. The molecule has 1 aromatic rings. The molecule has 7 heteroatoms. The van der Waals surface area contributed by atoms with E-state index in [0.29, 0.717) is 10.2 Å². The molecular formula is C16H27BrCl2N2O2. The van der Waals surface area contributed by atoms with E-state index in [-0.39, 0.29) is 36.3 Å². The molecule has 4 nitrogen and oxygen atoms in total. The summed E-state index contributed by atoms with van der Waals surface area (Å²) >= 11 is 3.44. The van der Waals surface area contributed by atoms with Crippen LogP contribution < -0.4 is 10.1 Å². The van der Waals surface area contributed by atoms with Gasteiger partial charge in [0.1, 0.15) is 11.5 Å². The van der Waals surface area contributed by atoms with Crippen molar-refractivity contribution in [3.8, 4) is 11.5 Å². The van der Waals surface area contributed by atoms with Gasteiger partial charge in [-0.1, -0.05) is 20.8 Å².